The molecule has 0 aliphatic heterocycles. The number of nitrogens with one attached hydrogen (secondary N) is 1. The molecule has 86 valence electrons. The highest BCUT2D eigenvalue weighted by Crippen LogP contribution is 2.21. The smallest absolute Gasteiger partial charge is 0.181 e. The van der Waals surface area contributed by atoms with E-state index in [4.69, 9.17) is 4.42 Å². The zero-order chi connectivity index (χ0) is 11.5. The van der Waals surface area contributed by atoms with Gasteiger partial charge >= 0.3 is 0 Å². The van der Waals surface area contributed by atoms with Crippen molar-refractivity contribution in [2.45, 2.75) is 12.2 Å². The zero-order valence-electron chi connectivity index (χ0n) is 8.92. The normalized spacial score (nSPS) is 15.2. The van der Waals surface area contributed by atoms with Gasteiger partial charge in [-0.1, -0.05) is 6.07 Å². The minimum atomic E-state index is -0.929. The summed E-state index contributed by atoms with van der Waals surface area (Å²) in [6.45, 7) is 0.329. The van der Waals surface area contributed by atoms with Crippen molar-refractivity contribution in [2.75, 3.05) is 13.6 Å². The molecule has 5 nitrogen and oxygen atoms in total. The van der Waals surface area contributed by atoms with Gasteiger partial charge in [-0.3, -0.25) is 0 Å². The third-order valence-electron chi connectivity index (χ3n) is 2.47. The van der Waals surface area contributed by atoms with Crippen LogP contribution in [0.2, 0.25) is 0 Å². The molecule has 0 bridgehead atoms. The van der Waals surface area contributed by atoms with Crippen molar-refractivity contribution in [3.63, 3.8) is 0 Å². The monoisotopic (exact) mass is 222 g/mol. The van der Waals surface area contributed by atoms with Crippen LogP contribution in [0.15, 0.2) is 29.0 Å². The van der Waals surface area contributed by atoms with Crippen LogP contribution in [0.25, 0.3) is 11.1 Å². The second kappa shape index (κ2) is 4.61. The number of oxazole rings is 1. The number of rotatable bonds is 4. The van der Waals surface area contributed by atoms with Crippen LogP contribution in [0.3, 0.4) is 0 Å². The lowest BCUT2D eigenvalue weighted by atomic mass is 10.0. The summed E-state index contributed by atoms with van der Waals surface area (Å²) in [7, 11) is 1.72. The number of benzene rings is 1. The van der Waals surface area contributed by atoms with Gasteiger partial charge in [-0.25, -0.2) is 4.98 Å². The van der Waals surface area contributed by atoms with Crippen LogP contribution in [-0.2, 0) is 0 Å². The van der Waals surface area contributed by atoms with Crippen LogP contribution < -0.4 is 5.32 Å². The van der Waals surface area contributed by atoms with Crippen molar-refractivity contribution in [1.82, 2.24) is 10.3 Å². The van der Waals surface area contributed by atoms with E-state index in [0.29, 0.717) is 17.7 Å². The number of hydrogen-bond acceptors (Lipinski definition) is 5. The lowest BCUT2D eigenvalue weighted by Crippen LogP contribution is -2.29. The van der Waals surface area contributed by atoms with E-state index in [2.05, 4.69) is 10.3 Å². The molecule has 0 radical (unpaired) electrons. The number of likely N-dealkylation sites (N-methyl/N-ethyl adjacent to an activating group) is 1. The molecule has 1 aromatic carbocycles. The van der Waals surface area contributed by atoms with Crippen molar-refractivity contribution in [1.29, 1.82) is 0 Å². The lowest BCUT2D eigenvalue weighted by molar-refractivity contribution is 0.0203. The fourth-order valence-electron chi connectivity index (χ4n) is 1.60. The Morgan fingerprint density at radius 3 is 3.00 bits per heavy atom. The Morgan fingerprint density at radius 2 is 2.25 bits per heavy atom. The summed E-state index contributed by atoms with van der Waals surface area (Å²) >= 11 is 0. The molecule has 0 spiro atoms. The molecule has 2 aromatic rings. The molecule has 1 aromatic heterocycles. The predicted molar refractivity (Wildman–Crippen MR) is 58.9 cm³/mol. The SMILES string of the molecule is CNCC(O)C(O)c1ccc2ncoc2c1. The number of aromatic nitrogens is 1. The molecule has 2 rings (SSSR count). The summed E-state index contributed by atoms with van der Waals surface area (Å²) in [5.41, 5.74) is 1.96. The quantitative estimate of drug-likeness (QED) is 0.699. The fourth-order valence-corrected chi connectivity index (χ4v) is 1.60. The van der Waals surface area contributed by atoms with E-state index in [-0.39, 0.29) is 0 Å². The van der Waals surface area contributed by atoms with Crippen molar-refractivity contribution in [2.24, 2.45) is 0 Å². The number of aliphatic hydroxyl groups excluding tert-OH is 2. The highest BCUT2D eigenvalue weighted by Gasteiger charge is 2.18. The average Bonchev–Trinajstić information content (AvgIpc) is 2.75. The van der Waals surface area contributed by atoms with Gasteiger partial charge in [-0.15, -0.1) is 0 Å². The van der Waals surface area contributed by atoms with Crippen molar-refractivity contribution in [3.8, 4) is 0 Å². The van der Waals surface area contributed by atoms with E-state index in [0.717, 1.165) is 5.52 Å². The Balaban J connectivity index is 2.24. The molecule has 0 saturated carbocycles. The Labute approximate surface area is 92.7 Å². The third-order valence-corrected chi connectivity index (χ3v) is 2.47. The summed E-state index contributed by atoms with van der Waals surface area (Å²) in [6.07, 6.45) is -0.419. The lowest BCUT2D eigenvalue weighted by Gasteiger charge is -2.17. The van der Waals surface area contributed by atoms with E-state index < -0.39 is 12.2 Å². The summed E-state index contributed by atoms with van der Waals surface area (Å²) in [5, 5.41) is 22.3. The number of aliphatic hydroxyl groups is 2. The summed E-state index contributed by atoms with van der Waals surface area (Å²) in [5.74, 6) is 0. The molecule has 0 aliphatic rings. The topological polar surface area (TPSA) is 78.5 Å². The maximum absolute atomic E-state index is 9.87. The van der Waals surface area contributed by atoms with Gasteiger partial charge in [0.05, 0.1) is 6.10 Å². The van der Waals surface area contributed by atoms with Gasteiger partial charge in [-0.2, -0.15) is 0 Å². The second-order valence-corrected chi connectivity index (χ2v) is 3.65. The molecule has 5 heteroatoms. The Kier molecular flexibility index (Phi) is 3.19. The summed E-state index contributed by atoms with van der Waals surface area (Å²) in [6, 6.07) is 5.17. The first-order valence-corrected chi connectivity index (χ1v) is 5.06. The molecule has 2 unspecified atom stereocenters. The zero-order valence-corrected chi connectivity index (χ0v) is 8.92. The molecular formula is C11H14N2O3. The minimum absolute atomic E-state index is 0.329. The van der Waals surface area contributed by atoms with Crippen LogP contribution in [0.5, 0.6) is 0 Å². The van der Waals surface area contributed by atoms with E-state index in [9.17, 15) is 10.2 Å². The van der Waals surface area contributed by atoms with Crippen molar-refractivity contribution >= 4 is 11.1 Å². The van der Waals surface area contributed by atoms with Crippen LogP contribution >= 0.6 is 0 Å². The highest BCUT2D eigenvalue weighted by molar-refractivity contribution is 5.72. The first-order valence-electron chi connectivity index (χ1n) is 5.06. The van der Waals surface area contributed by atoms with Crippen LogP contribution in [0.4, 0.5) is 0 Å². The average molecular weight is 222 g/mol. The van der Waals surface area contributed by atoms with Crippen LogP contribution in [0.1, 0.15) is 11.7 Å². The first-order chi connectivity index (χ1) is 7.72. The largest absolute Gasteiger partial charge is 0.443 e. The van der Waals surface area contributed by atoms with E-state index in [1.165, 1.54) is 6.39 Å². The molecule has 0 fully saturated rings. The maximum atomic E-state index is 9.87. The van der Waals surface area contributed by atoms with Crippen LogP contribution in [0, 0.1) is 0 Å². The van der Waals surface area contributed by atoms with Gasteiger partial charge in [0.2, 0.25) is 0 Å². The first kappa shape index (κ1) is 11.1. The van der Waals surface area contributed by atoms with Crippen molar-refractivity contribution < 1.29 is 14.6 Å². The second-order valence-electron chi connectivity index (χ2n) is 3.65. The molecular weight excluding hydrogens is 208 g/mol. The van der Waals surface area contributed by atoms with E-state index >= 15 is 0 Å². The number of nitrogens with zero attached hydrogens (tertiary/aromatic N) is 1. The van der Waals surface area contributed by atoms with Crippen LogP contribution in [-0.4, -0.2) is 34.9 Å². The predicted octanol–water partition coefficient (Wildman–Crippen LogP) is 0.441. The fraction of sp³-hybridized carbons (Fsp3) is 0.364. The molecule has 0 amide bonds. The van der Waals surface area contributed by atoms with E-state index in [1.807, 2.05) is 0 Å². The third kappa shape index (κ3) is 2.06. The standard InChI is InChI=1S/C11H14N2O3/c1-12-5-9(14)11(15)7-2-3-8-10(4-7)16-6-13-8/h2-4,6,9,11-12,14-15H,5H2,1H3. The molecule has 16 heavy (non-hydrogen) atoms. The maximum Gasteiger partial charge on any atom is 0.181 e. The number of hydrogen-bond donors (Lipinski definition) is 3. The Bertz CT molecular complexity index is 469. The van der Waals surface area contributed by atoms with Gasteiger partial charge in [-0.05, 0) is 24.7 Å². The van der Waals surface area contributed by atoms with E-state index in [1.54, 1.807) is 25.2 Å². The molecule has 1 heterocycles. The highest BCUT2D eigenvalue weighted by atomic mass is 16.3. The summed E-state index contributed by atoms with van der Waals surface area (Å²) in [4.78, 5) is 3.98. The summed E-state index contributed by atoms with van der Waals surface area (Å²) < 4.78 is 5.13. The van der Waals surface area contributed by atoms with Gasteiger partial charge in [0.15, 0.2) is 12.0 Å². The van der Waals surface area contributed by atoms with Gasteiger partial charge in [0.1, 0.15) is 11.6 Å². The van der Waals surface area contributed by atoms with Gasteiger partial charge in [0, 0.05) is 6.54 Å². The molecule has 2 atom stereocenters. The van der Waals surface area contributed by atoms with Gasteiger partial charge in [0.25, 0.3) is 0 Å². The molecule has 0 saturated heterocycles. The molecule has 0 aliphatic carbocycles. The van der Waals surface area contributed by atoms with Crippen molar-refractivity contribution in [3.05, 3.63) is 30.2 Å². The molecule has 3 N–H and O–H groups in total. The number of fused-ring (bicyclic) bond motifs is 1. The minimum Gasteiger partial charge on any atom is -0.443 e. The Hall–Kier alpha value is -1.43. The van der Waals surface area contributed by atoms with Gasteiger partial charge < -0.3 is 19.9 Å². The Morgan fingerprint density at radius 1 is 1.44 bits per heavy atom.